The van der Waals surface area contributed by atoms with Crippen LogP contribution in [0.1, 0.15) is 5.56 Å². The van der Waals surface area contributed by atoms with E-state index in [1.54, 1.807) is 17.0 Å². The smallest absolute Gasteiger partial charge is 0.387 e. The minimum Gasteiger partial charge on any atom is -0.493 e. The maximum absolute atomic E-state index is 12.6. The third-order valence-electron chi connectivity index (χ3n) is 3.67. The van der Waals surface area contributed by atoms with Crippen LogP contribution in [0.15, 0.2) is 53.9 Å². The van der Waals surface area contributed by atoms with Gasteiger partial charge in [-0.2, -0.15) is 13.9 Å². The number of hydrazone groups is 1. The number of aromatic nitrogens is 2. The molecule has 3 aromatic rings. The van der Waals surface area contributed by atoms with Gasteiger partial charge >= 0.3 is 6.61 Å². The van der Waals surface area contributed by atoms with Crippen molar-refractivity contribution in [3.63, 3.8) is 0 Å². The van der Waals surface area contributed by atoms with E-state index in [0.29, 0.717) is 0 Å². The molecule has 1 N–H and O–H groups in total. The lowest BCUT2D eigenvalue weighted by molar-refractivity contribution is -0.121. The van der Waals surface area contributed by atoms with E-state index >= 15 is 0 Å². The molecule has 0 saturated carbocycles. The minimum atomic E-state index is -3.02. The molecule has 2 aromatic carbocycles. The van der Waals surface area contributed by atoms with E-state index in [-0.39, 0.29) is 23.6 Å². The number of methoxy groups -OCH3 is 1. The molecule has 0 atom stereocenters. The van der Waals surface area contributed by atoms with Gasteiger partial charge < -0.3 is 14.0 Å². The first-order valence-corrected chi connectivity index (χ1v) is 7.92. The van der Waals surface area contributed by atoms with Crippen LogP contribution < -0.4 is 14.9 Å². The Bertz CT molecular complexity index is 972. The second kappa shape index (κ2) is 8.26. The molecule has 0 radical (unpaired) electrons. The van der Waals surface area contributed by atoms with Crippen molar-refractivity contribution < 1.29 is 23.0 Å². The summed E-state index contributed by atoms with van der Waals surface area (Å²) in [6.45, 7) is -3.01. The zero-order valence-electron chi connectivity index (χ0n) is 14.3. The second-order valence-electron chi connectivity index (χ2n) is 5.41. The number of benzene rings is 2. The number of para-hydroxylation sites is 3. The van der Waals surface area contributed by atoms with Crippen LogP contribution in [0, 0.1) is 0 Å². The summed E-state index contributed by atoms with van der Waals surface area (Å²) < 4.78 is 36.4. The summed E-state index contributed by atoms with van der Waals surface area (Å²) in [7, 11) is 1.34. The van der Waals surface area contributed by atoms with E-state index in [2.05, 4.69) is 20.2 Å². The van der Waals surface area contributed by atoms with E-state index in [9.17, 15) is 13.6 Å². The highest BCUT2D eigenvalue weighted by atomic mass is 19.3. The number of halogens is 2. The Labute approximate surface area is 153 Å². The number of carbonyl (C=O) groups is 1. The van der Waals surface area contributed by atoms with Gasteiger partial charge in [0.25, 0.3) is 5.91 Å². The van der Waals surface area contributed by atoms with Crippen molar-refractivity contribution in [1.29, 1.82) is 0 Å². The summed E-state index contributed by atoms with van der Waals surface area (Å²) in [5, 5.41) is 3.81. The average Bonchev–Trinajstić information content (AvgIpc) is 3.05. The van der Waals surface area contributed by atoms with Gasteiger partial charge in [0, 0.05) is 5.56 Å². The molecule has 3 rings (SSSR count). The Kier molecular flexibility index (Phi) is 5.60. The van der Waals surface area contributed by atoms with E-state index in [1.807, 2.05) is 24.3 Å². The molecule has 0 aliphatic rings. The van der Waals surface area contributed by atoms with Crippen molar-refractivity contribution >= 4 is 23.2 Å². The summed E-state index contributed by atoms with van der Waals surface area (Å²) in [5.41, 5.74) is 4.18. The van der Waals surface area contributed by atoms with Gasteiger partial charge in [-0.05, 0) is 24.3 Å². The highest BCUT2D eigenvalue weighted by Gasteiger charge is 2.14. The lowest BCUT2D eigenvalue weighted by Gasteiger charge is -2.11. The number of nitrogens with zero attached hydrogens (tertiary/aromatic N) is 3. The normalized spacial score (nSPS) is 11.3. The molecule has 1 heterocycles. The number of amides is 1. The van der Waals surface area contributed by atoms with Gasteiger partial charge in [0.05, 0.1) is 30.7 Å². The average molecular weight is 374 g/mol. The molecule has 1 aromatic heterocycles. The fraction of sp³-hybridized carbons (Fsp3) is 0.167. The molecular formula is C18H16F2N4O3. The van der Waals surface area contributed by atoms with Crippen molar-refractivity contribution in [3.05, 3.63) is 54.4 Å². The Morgan fingerprint density at radius 1 is 1.30 bits per heavy atom. The summed E-state index contributed by atoms with van der Waals surface area (Å²) in [6.07, 6.45) is 2.77. The van der Waals surface area contributed by atoms with Gasteiger partial charge in [0.15, 0.2) is 11.5 Å². The Hall–Kier alpha value is -3.49. The maximum Gasteiger partial charge on any atom is 0.387 e. The fourth-order valence-electron chi connectivity index (χ4n) is 2.51. The quantitative estimate of drug-likeness (QED) is 0.510. The first-order valence-electron chi connectivity index (χ1n) is 7.92. The molecule has 0 aliphatic heterocycles. The first-order chi connectivity index (χ1) is 13.1. The van der Waals surface area contributed by atoms with E-state index in [0.717, 1.165) is 11.0 Å². The number of hydrogen-bond acceptors (Lipinski definition) is 5. The molecule has 9 heteroatoms. The third kappa shape index (κ3) is 4.38. The van der Waals surface area contributed by atoms with Crippen LogP contribution in [0.3, 0.4) is 0 Å². The number of imidazole rings is 1. The van der Waals surface area contributed by atoms with Crippen LogP contribution >= 0.6 is 0 Å². The van der Waals surface area contributed by atoms with Gasteiger partial charge in [-0.25, -0.2) is 10.4 Å². The Morgan fingerprint density at radius 3 is 2.89 bits per heavy atom. The molecule has 0 spiro atoms. The standard InChI is InChI=1S/C18H16F2N4O3/c1-26-15-8-4-5-12(17(15)27-18(19)20)9-22-23-16(25)10-24-11-21-13-6-2-3-7-14(13)24/h2-9,11,18H,10H2,1H3,(H,23,25)/b22-9-. The van der Waals surface area contributed by atoms with E-state index in [1.165, 1.54) is 25.5 Å². The second-order valence-corrected chi connectivity index (χ2v) is 5.41. The van der Waals surface area contributed by atoms with Crippen LogP contribution in [-0.2, 0) is 11.3 Å². The molecule has 27 heavy (non-hydrogen) atoms. The lowest BCUT2D eigenvalue weighted by atomic mass is 10.2. The number of fused-ring (bicyclic) bond motifs is 1. The number of nitrogens with one attached hydrogen (secondary N) is 1. The number of hydrogen-bond donors (Lipinski definition) is 1. The van der Waals surface area contributed by atoms with Crippen LogP contribution in [-0.4, -0.2) is 35.4 Å². The van der Waals surface area contributed by atoms with Crippen molar-refractivity contribution in [1.82, 2.24) is 15.0 Å². The van der Waals surface area contributed by atoms with Crippen LogP contribution in [0.5, 0.6) is 11.5 Å². The Balaban J connectivity index is 1.69. The molecular weight excluding hydrogens is 358 g/mol. The fourth-order valence-corrected chi connectivity index (χ4v) is 2.51. The monoisotopic (exact) mass is 374 g/mol. The molecule has 0 saturated heterocycles. The number of ether oxygens (including phenoxy) is 2. The SMILES string of the molecule is COc1cccc(/C=N\NC(=O)Cn2cnc3ccccc32)c1OC(F)F. The van der Waals surface area contributed by atoms with Crippen LogP contribution in [0.2, 0.25) is 0 Å². The molecule has 0 fully saturated rings. The third-order valence-corrected chi connectivity index (χ3v) is 3.67. The summed E-state index contributed by atoms with van der Waals surface area (Å²) in [4.78, 5) is 16.3. The molecule has 0 bridgehead atoms. The van der Waals surface area contributed by atoms with Crippen molar-refractivity contribution in [2.75, 3.05) is 7.11 Å². The number of rotatable bonds is 7. The predicted molar refractivity (Wildman–Crippen MR) is 95.1 cm³/mol. The summed E-state index contributed by atoms with van der Waals surface area (Å²) in [6, 6.07) is 12.0. The topological polar surface area (TPSA) is 77.7 Å². The van der Waals surface area contributed by atoms with Crippen molar-refractivity contribution in [2.24, 2.45) is 5.10 Å². The molecule has 140 valence electrons. The molecule has 7 nitrogen and oxygen atoms in total. The van der Waals surface area contributed by atoms with Gasteiger partial charge in [-0.15, -0.1) is 0 Å². The van der Waals surface area contributed by atoms with Gasteiger partial charge in [-0.1, -0.05) is 18.2 Å². The molecule has 1 amide bonds. The summed E-state index contributed by atoms with van der Waals surface area (Å²) >= 11 is 0. The first kappa shape index (κ1) is 18.3. The highest BCUT2D eigenvalue weighted by molar-refractivity contribution is 5.87. The summed E-state index contributed by atoms with van der Waals surface area (Å²) in [5.74, 6) is -0.419. The largest absolute Gasteiger partial charge is 0.493 e. The Morgan fingerprint density at radius 2 is 2.11 bits per heavy atom. The van der Waals surface area contributed by atoms with Gasteiger partial charge in [-0.3, -0.25) is 4.79 Å². The number of carbonyl (C=O) groups excluding carboxylic acids is 1. The molecule has 0 unspecified atom stereocenters. The minimum absolute atomic E-state index is 0.0103. The van der Waals surface area contributed by atoms with Crippen LogP contribution in [0.4, 0.5) is 8.78 Å². The van der Waals surface area contributed by atoms with Crippen molar-refractivity contribution in [2.45, 2.75) is 13.2 Å². The van der Waals surface area contributed by atoms with E-state index in [4.69, 9.17) is 4.74 Å². The number of alkyl halides is 2. The zero-order valence-corrected chi connectivity index (χ0v) is 14.3. The van der Waals surface area contributed by atoms with Gasteiger partial charge in [0.1, 0.15) is 6.54 Å². The van der Waals surface area contributed by atoms with Crippen LogP contribution in [0.25, 0.3) is 11.0 Å². The zero-order chi connectivity index (χ0) is 19.2. The van der Waals surface area contributed by atoms with Gasteiger partial charge in [0.2, 0.25) is 0 Å². The van der Waals surface area contributed by atoms with E-state index < -0.39 is 12.5 Å². The lowest BCUT2D eigenvalue weighted by Crippen LogP contribution is -2.22. The molecule has 0 aliphatic carbocycles. The highest BCUT2D eigenvalue weighted by Crippen LogP contribution is 2.31. The predicted octanol–water partition coefficient (Wildman–Crippen LogP) is 2.80. The van der Waals surface area contributed by atoms with Crippen molar-refractivity contribution in [3.8, 4) is 11.5 Å². The maximum atomic E-state index is 12.6.